The molecule has 0 amide bonds. The third kappa shape index (κ3) is 3.32. The number of benzene rings is 1. The summed E-state index contributed by atoms with van der Waals surface area (Å²) in [4.78, 5) is 2.58. The Morgan fingerprint density at radius 3 is 2.79 bits per heavy atom. The number of hydrogen-bond donors (Lipinski definition) is 1. The van der Waals surface area contributed by atoms with E-state index in [-0.39, 0.29) is 0 Å². The lowest BCUT2D eigenvalue weighted by molar-refractivity contribution is 0.325. The van der Waals surface area contributed by atoms with E-state index in [0.29, 0.717) is 18.0 Å². The van der Waals surface area contributed by atoms with Crippen molar-refractivity contribution in [1.82, 2.24) is 5.32 Å². The van der Waals surface area contributed by atoms with Gasteiger partial charge in [-0.05, 0) is 52.9 Å². The van der Waals surface area contributed by atoms with E-state index in [1.807, 2.05) is 0 Å². The Balaban J connectivity index is 2.29. The van der Waals surface area contributed by atoms with Gasteiger partial charge in [-0.2, -0.15) is 0 Å². The van der Waals surface area contributed by atoms with Crippen molar-refractivity contribution in [2.75, 3.05) is 18.0 Å². The molecule has 3 heteroatoms. The fourth-order valence-electron chi connectivity index (χ4n) is 2.77. The van der Waals surface area contributed by atoms with Gasteiger partial charge in [-0.3, -0.25) is 0 Å². The molecule has 2 atom stereocenters. The minimum atomic E-state index is 0.579. The molecule has 2 nitrogen and oxygen atoms in total. The zero-order valence-corrected chi connectivity index (χ0v) is 14.0. The van der Waals surface area contributed by atoms with Crippen molar-refractivity contribution in [2.45, 2.75) is 46.2 Å². The van der Waals surface area contributed by atoms with Gasteiger partial charge < -0.3 is 10.2 Å². The number of aryl methyl sites for hydroxylation is 1. The van der Waals surface area contributed by atoms with E-state index in [1.165, 1.54) is 22.1 Å². The van der Waals surface area contributed by atoms with Crippen LogP contribution in [-0.4, -0.2) is 25.2 Å². The fourth-order valence-corrected chi connectivity index (χ4v) is 3.25. The maximum absolute atomic E-state index is 3.72. The minimum Gasteiger partial charge on any atom is -0.365 e. The summed E-state index contributed by atoms with van der Waals surface area (Å²) >= 11 is 3.72. The molecule has 1 heterocycles. The maximum atomic E-state index is 3.72. The van der Waals surface area contributed by atoms with Crippen molar-refractivity contribution in [3.63, 3.8) is 0 Å². The van der Waals surface area contributed by atoms with Crippen LogP contribution in [0, 0.1) is 12.8 Å². The van der Waals surface area contributed by atoms with Gasteiger partial charge >= 0.3 is 0 Å². The van der Waals surface area contributed by atoms with Gasteiger partial charge in [0.05, 0.1) is 5.69 Å². The van der Waals surface area contributed by atoms with E-state index in [4.69, 9.17) is 0 Å². The maximum Gasteiger partial charge on any atom is 0.0516 e. The molecule has 0 saturated carbocycles. The number of nitrogens with zero attached hydrogens (tertiary/aromatic N) is 1. The fraction of sp³-hybridized carbons (Fsp3) is 0.625. The van der Waals surface area contributed by atoms with Crippen LogP contribution in [0.2, 0.25) is 0 Å². The standard InChI is InChI=1S/C16H25BrN2/c1-5-13-9-18-15(11(2)3)10-19(13)16-8-12(4)6-7-14(16)17/h6-8,11,13,15,18H,5,9-10H2,1-4H3. The van der Waals surface area contributed by atoms with Crippen molar-refractivity contribution in [2.24, 2.45) is 5.92 Å². The number of piperazine rings is 1. The molecule has 0 radical (unpaired) electrons. The van der Waals surface area contributed by atoms with Crippen molar-refractivity contribution >= 4 is 21.6 Å². The molecule has 0 spiro atoms. The van der Waals surface area contributed by atoms with Crippen LogP contribution < -0.4 is 10.2 Å². The lowest BCUT2D eigenvalue weighted by atomic mass is 9.97. The van der Waals surface area contributed by atoms with Gasteiger partial charge in [-0.1, -0.05) is 26.8 Å². The lowest BCUT2D eigenvalue weighted by Crippen LogP contribution is -2.58. The topological polar surface area (TPSA) is 15.3 Å². The Bertz CT molecular complexity index is 431. The molecular formula is C16H25BrN2. The summed E-state index contributed by atoms with van der Waals surface area (Å²) in [5, 5.41) is 3.70. The van der Waals surface area contributed by atoms with Gasteiger partial charge in [0.15, 0.2) is 0 Å². The number of hydrogen-bond acceptors (Lipinski definition) is 2. The smallest absolute Gasteiger partial charge is 0.0516 e. The highest BCUT2D eigenvalue weighted by Gasteiger charge is 2.29. The van der Waals surface area contributed by atoms with Gasteiger partial charge in [-0.25, -0.2) is 0 Å². The summed E-state index contributed by atoms with van der Waals surface area (Å²) in [6, 6.07) is 7.80. The Kier molecular flexibility index (Phi) is 4.91. The minimum absolute atomic E-state index is 0.579. The third-order valence-electron chi connectivity index (χ3n) is 4.14. The molecular weight excluding hydrogens is 300 g/mol. The average molecular weight is 325 g/mol. The molecule has 1 N–H and O–H groups in total. The van der Waals surface area contributed by atoms with Crippen LogP contribution in [0.3, 0.4) is 0 Å². The number of anilines is 1. The third-order valence-corrected chi connectivity index (χ3v) is 4.81. The highest BCUT2D eigenvalue weighted by atomic mass is 79.9. The van der Waals surface area contributed by atoms with Crippen LogP contribution in [0.4, 0.5) is 5.69 Å². The van der Waals surface area contributed by atoms with Crippen molar-refractivity contribution in [1.29, 1.82) is 0 Å². The summed E-state index contributed by atoms with van der Waals surface area (Å²) in [5.74, 6) is 0.670. The van der Waals surface area contributed by atoms with Crippen molar-refractivity contribution in [3.8, 4) is 0 Å². The first-order chi connectivity index (χ1) is 9.02. The van der Waals surface area contributed by atoms with Crippen LogP contribution in [0.1, 0.15) is 32.8 Å². The van der Waals surface area contributed by atoms with Gasteiger partial charge in [0, 0.05) is 29.6 Å². The van der Waals surface area contributed by atoms with Crippen LogP contribution in [0.25, 0.3) is 0 Å². The molecule has 2 unspecified atom stereocenters. The number of nitrogens with one attached hydrogen (secondary N) is 1. The molecule has 1 fully saturated rings. The zero-order chi connectivity index (χ0) is 14.0. The van der Waals surface area contributed by atoms with Gasteiger partial charge in [0.1, 0.15) is 0 Å². The predicted molar refractivity (Wildman–Crippen MR) is 86.9 cm³/mol. The predicted octanol–water partition coefficient (Wildman–Crippen LogP) is 3.97. The van der Waals surface area contributed by atoms with E-state index in [9.17, 15) is 0 Å². The second-order valence-corrected chi connectivity index (χ2v) is 6.78. The second-order valence-electron chi connectivity index (χ2n) is 5.93. The number of rotatable bonds is 3. The molecule has 1 aliphatic heterocycles. The van der Waals surface area contributed by atoms with Gasteiger partial charge in [0.25, 0.3) is 0 Å². The summed E-state index contributed by atoms with van der Waals surface area (Å²) in [6.45, 7) is 11.2. The molecule has 2 rings (SSSR count). The van der Waals surface area contributed by atoms with Gasteiger partial charge in [-0.15, -0.1) is 0 Å². The SMILES string of the molecule is CCC1CNC(C(C)C)CN1c1cc(C)ccc1Br. The van der Waals surface area contributed by atoms with Crippen molar-refractivity contribution < 1.29 is 0 Å². The monoisotopic (exact) mass is 324 g/mol. The second kappa shape index (κ2) is 6.27. The molecule has 106 valence electrons. The van der Waals surface area contributed by atoms with Gasteiger partial charge in [0.2, 0.25) is 0 Å². The first-order valence-corrected chi connectivity index (χ1v) is 8.08. The Labute approximate surface area is 125 Å². The van der Waals surface area contributed by atoms with Crippen LogP contribution in [-0.2, 0) is 0 Å². The highest BCUT2D eigenvalue weighted by molar-refractivity contribution is 9.10. The summed E-state index contributed by atoms with van der Waals surface area (Å²) in [5.41, 5.74) is 2.67. The molecule has 1 aromatic rings. The molecule has 0 bridgehead atoms. The van der Waals surface area contributed by atoms with E-state index >= 15 is 0 Å². The van der Waals surface area contributed by atoms with Crippen LogP contribution in [0.15, 0.2) is 22.7 Å². The van der Waals surface area contributed by atoms with E-state index in [2.05, 4.69) is 72.0 Å². The average Bonchev–Trinajstić information content (AvgIpc) is 2.40. The quantitative estimate of drug-likeness (QED) is 0.905. The first kappa shape index (κ1) is 14.9. The zero-order valence-electron chi connectivity index (χ0n) is 12.4. The highest BCUT2D eigenvalue weighted by Crippen LogP contribution is 2.31. The number of halogens is 1. The summed E-state index contributed by atoms with van der Waals surface area (Å²) in [6.07, 6.45) is 1.18. The molecule has 19 heavy (non-hydrogen) atoms. The summed E-state index contributed by atoms with van der Waals surface area (Å²) < 4.78 is 1.21. The first-order valence-electron chi connectivity index (χ1n) is 7.29. The van der Waals surface area contributed by atoms with E-state index < -0.39 is 0 Å². The van der Waals surface area contributed by atoms with Crippen LogP contribution >= 0.6 is 15.9 Å². The normalized spacial score (nSPS) is 24.0. The molecule has 1 aromatic carbocycles. The molecule has 1 aliphatic rings. The molecule has 0 aliphatic carbocycles. The summed E-state index contributed by atoms with van der Waals surface area (Å²) in [7, 11) is 0. The van der Waals surface area contributed by atoms with Crippen LogP contribution in [0.5, 0.6) is 0 Å². The van der Waals surface area contributed by atoms with Crippen molar-refractivity contribution in [3.05, 3.63) is 28.2 Å². The molecule has 0 aromatic heterocycles. The Morgan fingerprint density at radius 2 is 2.16 bits per heavy atom. The Hall–Kier alpha value is -0.540. The molecule has 1 saturated heterocycles. The lowest BCUT2D eigenvalue weighted by Gasteiger charge is -2.43. The largest absolute Gasteiger partial charge is 0.365 e. The van der Waals surface area contributed by atoms with E-state index in [0.717, 1.165) is 13.1 Å². The Morgan fingerprint density at radius 1 is 1.42 bits per heavy atom. The van der Waals surface area contributed by atoms with E-state index in [1.54, 1.807) is 0 Å².